The average Bonchev–Trinajstić information content (AvgIpc) is 3.39. The summed E-state index contributed by atoms with van der Waals surface area (Å²) in [4.78, 5) is 15.2. The van der Waals surface area contributed by atoms with Gasteiger partial charge in [0.1, 0.15) is 48.0 Å². The molecule has 14 nitrogen and oxygen atoms in total. The molecule has 0 unspecified atom stereocenters. The lowest BCUT2D eigenvalue weighted by Gasteiger charge is -2.25. The summed E-state index contributed by atoms with van der Waals surface area (Å²) in [5, 5.41) is 47.1. The number of aromatic nitrogens is 3. The number of nitriles is 1. The van der Waals surface area contributed by atoms with Crippen molar-refractivity contribution in [3.05, 3.63) is 54.5 Å². The molecular weight excluding hydrogens is 495 g/mol. The molecule has 0 saturated carbocycles. The van der Waals surface area contributed by atoms with E-state index in [4.69, 9.17) is 19.5 Å². The Bertz CT molecular complexity index is 1350. The van der Waals surface area contributed by atoms with Crippen molar-refractivity contribution in [1.82, 2.24) is 19.7 Å². The van der Waals surface area contributed by atoms with Crippen molar-refractivity contribution in [3.63, 3.8) is 0 Å². The first kappa shape index (κ1) is 25.5. The van der Waals surface area contributed by atoms with Crippen molar-refractivity contribution in [2.45, 2.75) is 36.9 Å². The number of hydrogen-bond donors (Lipinski definition) is 5. The van der Waals surface area contributed by atoms with Crippen LogP contribution in [0.5, 0.6) is 5.75 Å². The summed E-state index contributed by atoms with van der Waals surface area (Å²) in [6.07, 6.45) is -3.62. The van der Waals surface area contributed by atoms with Gasteiger partial charge in [-0.3, -0.25) is 9.32 Å². The van der Waals surface area contributed by atoms with Gasteiger partial charge in [-0.1, -0.05) is 18.2 Å². The molecule has 0 bridgehead atoms. The van der Waals surface area contributed by atoms with Crippen LogP contribution in [0.4, 0.5) is 5.82 Å². The zero-order valence-electron chi connectivity index (χ0n) is 18.8. The highest BCUT2D eigenvalue weighted by Crippen LogP contribution is 2.47. The Labute approximate surface area is 204 Å². The first-order chi connectivity index (χ1) is 17.1. The summed E-state index contributed by atoms with van der Waals surface area (Å²) >= 11 is 0. The van der Waals surface area contributed by atoms with E-state index in [1.165, 1.54) is 35.7 Å². The van der Waals surface area contributed by atoms with E-state index in [0.29, 0.717) is 5.52 Å². The van der Waals surface area contributed by atoms with E-state index in [2.05, 4.69) is 15.2 Å². The molecule has 3 aromatic rings. The SMILES string of the molecule is C[C@H](N[P@](=O)(OC[C@H]1O[C@@](C#N)(c2ccc3c(N)ncnn23)[C@H](O)[C@@H]1O)Oc1ccccc1)C(=O)O. The summed E-state index contributed by atoms with van der Waals surface area (Å²) in [6.45, 7) is 0.606. The highest BCUT2D eigenvalue weighted by atomic mass is 31.2. The van der Waals surface area contributed by atoms with Crippen LogP contribution in [0.15, 0.2) is 48.8 Å². The predicted octanol–water partition coefficient (Wildman–Crippen LogP) is 0.417. The number of aliphatic carboxylic acids is 1. The molecule has 1 aliphatic heterocycles. The average molecular weight is 518 g/mol. The number of aliphatic hydroxyl groups excluding tert-OH is 2. The number of anilines is 1. The molecule has 0 amide bonds. The van der Waals surface area contributed by atoms with Crippen LogP contribution >= 0.6 is 7.75 Å². The quantitative estimate of drug-likeness (QED) is 0.243. The van der Waals surface area contributed by atoms with Crippen LogP contribution in [-0.2, 0) is 24.2 Å². The standard InChI is InChI=1S/C21H23N6O8P/c1-12(20(30)31)26-36(32,35-13-5-3-2-4-6-13)33-9-15-17(28)18(29)21(10-22,34-15)16-8-7-14-19(23)24-11-25-27(14)16/h2-8,11-12,15,17-18,28-29H,9H2,1H3,(H,26,32)(H,30,31)(H2,23,24,25)/t12-,15+,17+,18+,21-,36-/m0/s1. The van der Waals surface area contributed by atoms with Gasteiger partial charge in [0, 0.05) is 0 Å². The zero-order chi connectivity index (χ0) is 26.1. The topological polar surface area (TPSA) is 215 Å². The number of carboxylic acids is 1. The predicted molar refractivity (Wildman–Crippen MR) is 122 cm³/mol. The number of carbonyl (C=O) groups is 1. The van der Waals surface area contributed by atoms with Gasteiger partial charge in [-0.2, -0.15) is 15.4 Å². The monoisotopic (exact) mass is 518 g/mol. The summed E-state index contributed by atoms with van der Waals surface area (Å²) < 4.78 is 31.3. The van der Waals surface area contributed by atoms with Gasteiger partial charge in [0.15, 0.2) is 5.82 Å². The molecular formula is C21H23N6O8P. The smallest absolute Gasteiger partial charge is 0.459 e. The number of fused-ring (bicyclic) bond motifs is 1. The van der Waals surface area contributed by atoms with Crippen LogP contribution in [0.1, 0.15) is 12.6 Å². The summed E-state index contributed by atoms with van der Waals surface area (Å²) in [5.74, 6) is -1.06. The van der Waals surface area contributed by atoms with Gasteiger partial charge in [-0.05, 0) is 31.2 Å². The van der Waals surface area contributed by atoms with E-state index in [1.807, 2.05) is 6.07 Å². The number of ether oxygens (including phenoxy) is 1. The number of benzene rings is 1. The van der Waals surface area contributed by atoms with E-state index in [9.17, 15) is 29.9 Å². The Balaban J connectivity index is 1.59. The molecule has 6 N–H and O–H groups in total. The molecule has 1 fully saturated rings. The third-order valence-corrected chi connectivity index (χ3v) is 7.23. The molecule has 0 radical (unpaired) electrons. The number of aliphatic hydroxyl groups is 2. The normalized spacial score (nSPS) is 26.2. The number of nitrogens with zero attached hydrogens (tertiary/aromatic N) is 4. The van der Waals surface area contributed by atoms with Crippen molar-refractivity contribution in [2.75, 3.05) is 12.3 Å². The van der Waals surface area contributed by atoms with Crippen molar-refractivity contribution < 1.29 is 38.5 Å². The molecule has 4 rings (SSSR count). The molecule has 36 heavy (non-hydrogen) atoms. The lowest BCUT2D eigenvalue weighted by Crippen LogP contribution is -2.41. The van der Waals surface area contributed by atoms with Crippen LogP contribution in [0.2, 0.25) is 0 Å². The van der Waals surface area contributed by atoms with E-state index in [-0.39, 0.29) is 17.3 Å². The van der Waals surface area contributed by atoms with Gasteiger partial charge in [-0.25, -0.2) is 14.1 Å². The van der Waals surface area contributed by atoms with Gasteiger partial charge in [-0.15, -0.1) is 0 Å². The number of carboxylic acid groups (broad SMARTS) is 1. The second kappa shape index (κ2) is 9.82. The molecule has 0 aliphatic carbocycles. The Kier molecular flexibility index (Phi) is 6.96. The van der Waals surface area contributed by atoms with Gasteiger partial charge >= 0.3 is 13.7 Å². The first-order valence-corrected chi connectivity index (χ1v) is 12.2. The second-order valence-electron chi connectivity index (χ2n) is 7.99. The molecule has 3 heterocycles. The Hall–Kier alpha value is -3.57. The molecule has 0 spiro atoms. The number of nitrogen functional groups attached to an aromatic ring is 1. The lowest BCUT2D eigenvalue weighted by molar-refractivity contribution is -0.138. The Morgan fingerprint density at radius 1 is 1.36 bits per heavy atom. The van der Waals surface area contributed by atoms with Crippen molar-refractivity contribution in [1.29, 1.82) is 5.26 Å². The molecule has 190 valence electrons. The van der Waals surface area contributed by atoms with Gasteiger partial charge < -0.3 is 30.3 Å². The highest BCUT2D eigenvalue weighted by Gasteiger charge is 2.58. The van der Waals surface area contributed by atoms with E-state index < -0.39 is 50.3 Å². The minimum Gasteiger partial charge on any atom is -0.480 e. The number of nitrogens with one attached hydrogen (secondary N) is 1. The van der Waals surface area contributed by atoms with Crippen molar-refractivity contribution >= 4 is 25.1 Å². The minimum atomic E-state index is -4.33. The Morgan fingerprint density at radius 2 is 2.08 bits per heavy atom. The first-order valence-electron chi connectivity index (χ1n) is 10.6. The molecule has 6 atom stereocenters. The van der Waals surface area contributed by atoms with Crippen LogP contribution in [0.3, 0.4) is 0 Å². The van der Waals surface area contributed by atoms with Crippen molar-refractivity contribution in [3.8, 4) is 11.8 Å². The Morgan fingerprint density at radius 3 is 2.75 bits per heavy atom. The van der Waals surface area contributed by atoms with Gasteiger partial charge in [0.25, 0.3) is 0 Å². The maximum absolute atomic E-state index is 13.4. The third-order valence-electron chi connectivity index (χ3n) is 5.59. The molecule has 1 aliphatic rings. The minimum absolute atomic E-state index is 0.0736. The second-order valence-corrected chi connectivity index (χ2v) is 9.68. The highest BCUT2D eigenvalue weighted by molar-refractivity contribution is 7.52. The van der Waals surface area contributed by atoms with Crippen LogP contribution in [0, 0.1) is 11.3 Å². The van der Waals surface area contributed by atoms with Crippen molar-refractivity contribution in [2.24, 2.45) is 0 Å². The molecule has 1 saturated heterocycles. The number of para-hydroxylation sites is 1. The fourth-order valence-electron chi connectivity index (χ4n) is 3.72. The fraction of sp³-hybridized carbons (Fsp3) is 0.333. The summed E-state index contributed by atoms with van der Waals surface area (Å²) in [6, 6.07) is 11.4. The van der Waals surface area contributed by atoms with E-state index in [0.717, 1.165) is 6.33 Å². The zero-order valence-corrected chi connectivity index (χ0v) is 19.7. The van der Waals surface area contributed by atoms with E-state index in [1.54, 1.807) is 18.2 Å². The lowest BCUT2D eigenvalue weighted by atomic mass is 9.92. The van der Waals surface area contributed by atoms with E-state index >= 15 is 0 Å². The number of hydrogen-bond acceptors (Lipinski definition) is 11. The summed E-state index contributed by atoms with van der Waals surface area (Å²) in [7, 11) is -4.33. The van der Waals surface area contributed by atoms with Crippen LogP contribution in [0.25, 0.3) is 5.52 Å². The van der Waals surface area contributed by atoms with Crippen LogP contribution in [-0.4, -0.2) is 66.8 Å². The fourth-order valence-corrected chi connectivity index (χ4v) is 5.23. The molecule has 1 aromatic carbocycles. The molecule has 2 aromatic heterocycles. The largest absolute Gasteiger partial charge is 0.480 e. The molecule has 15 heteroatoms. The summed E-state index contributed by atoms with van der Waals surface area (Å²) in [5.41, 5.74) is 4.17. The number of rotatable bonds is 9. The van der Waals surface area contributed by atoms with Gasteiger partial charge in [0.05, 0.1) is 12.3 Å². The third kappa shape index (κ3) is 4.63. The van der Waals surface area contributed by atoms with Crippen LogP contribution < -0.4 is 15.3 Å². The maximum atomic E-state index is 13.4. The maximum Gasteiger partial charge on any atom is 0.459 e. The van der Waals surface area contributed by atoms with Gasteiger partial charge in [0.2, 0.25) is 5.60 Å². The number of nitrogens with two attached hydrogens (primary N) is 1.